The van der Waals surface area contributed by atoms with Crippen molar-refractivity contribution in [3.05, 3.63) is 90.0 Å². The molecule has 8 nitrogen and oxygen atoms in total. The lowest BCUT2D eigenvalue weighted by molar-refractivity contribution is -0.129. The Labute approximate surface area is 203 Å². The Bertz CT molecular complexity index is 1290. The molecule has 3 aromatic carbocycles. The highest BCUT2D eigenvalue weighted by Crippen LogP contribution is 2.26. The number of carbonyl (C=O) groups excluding carboxylic acids is 1. The van der Waals surface area contributed by atoms with Crippen LogP contribution in [0, 0.1) is 0 Å². The zero-order valence-corrected chi connectivity index (χ0v) is 19.5. The fourth-order valence-electron chi connectivity index (χ4n) is 3.69. The second kappa shape index (κ2) is 10.6. The Kier molecular flexibility index (Phi) is 7.11. The van der Waals surface area contributed by atoms with Gasteiger partial charge in [-0.3, -0.25) is 4.79 Å². The Balaban J connectivity index is 1.50. The summed E-state index contributed by atoms with van der Waals surface area (Å²) >= 11 is 0. The molecule has 1 aliphatic rings. The van der Waals surface area contributed by atoms with E-state index in [0.29, 0.717) is 16.9 Å². The molecular weight excluding hydrogens is 442 g/mol. The summed E-state index contributed by atoms with van der Waals surface area (Å²) < 4.78 is 0. The zero-order valence-electron chi connectivity index (χ0n) is 19.5. The van der Waals surface area contributed by atoms with Crippen molar-refractivity contribution in [3.63, 3.8) is 0 Å². The van der Waals surface area contributed by atoms with Crippen LogP contribution in [0.4, 0.5) is 22.7 Å². The molecule has 0 radical (unpaired) electrons. The molecule has 1 amide bonds. The summed E-state index contributed by atoms with van der Waals surface area (Å²) in [6, 6.07) is 23.6. The van der Waals surface area contributed by atoms with Crippen LogP contribution in [0.2, 0.25) is 0 Å². The second-order valence-corrected chi connectivity index (χ2v) is 7.74. The Morgan fingerprint density at radius 3 is 2.03 bits per heavy atom. The molecular formula is C27H25N5O3. The lowest BCUT2D eigenvalue weighted by atomic mass is 10.1. The predicted molar refractivity (Wildman–Crippen MR) is 138 cm³/mol. The van der Waals surface area contributed by atoms with E-state index < -0.39 is 11.9 Å². The number of hydrazone groups is 1. The molecule has 8 heteroatoms. The molecule has 0 saturated carbocycles. The van der Waals surface area contributed by atoms with Gasteiger partial charge >= 0.3 is 5.97 Å². The van der Waals surface area contributed by atoms with Crippen molar-refractivity contribution in [2.24, 2.45) is 15.3 Å². The van der Waals surface area contributed by atoms with Crippen LogP contribution in [-0.4, -0.2) is 35.8 Å². The smallest absolute Gasteiger partial charge is 0.357 e. The fourth-order valence-corrected chi connectivity index (χ4v) is 3.69. The number of carboxylic acid groups (broad SMARTS) is 1. The van der Waals surface area contributed by atoms with Gasteiger partial charge in [0.1, 0.15) is 0 Å². The number of hydrogen-bond donors (Lipinski definition) is 1. The normalized spacial score (nSPS) is 14.6. The van der Waals surface area contributed by atoms with E-state index in [4.69, 9.17) is 0 Å². The van der Waals surface area contributed by atoms with Crippen molar-refractivity contribution < 1.29 is 14.7 Å². The standard InChI is InChI=1S/C27H25N5O3/c1-3-31(4-2)22-16-14-21(15-17-22)29-28-20-12-10-19(11-13-20)18-24-25(27(34)35)30-32(26(24)33)23-8-6-5-7-9-23/h5-18H,3-4H2,1-2H3,(H,34,35)/b24-18-,29-28+. The van der Waals surface area contributed by atoms with Crippen LogP contribution in [0.3, 0.4) is 0 Å². The lowest BCUT2D eigenvalue weighted by Crippen LogP contribution is -2.22. The van der Waals surface area contributed by atoms with E-state index in [1.807, 2.05) is 30.3 Å². The van der Waals surface area contributed by atoms with E-state index in [2.05, 4.69) is 34.1 Å². The molecule has 0 aliphatic carbocycles. The van der Waals surface area contributed by atoms with Crippen LogP contribution >= 0.6 is 0 Å². The second-order valence-electron chi connectivity index (χ2n) is 7.74. The first-order chi connectivity index (χ1) is 17.0. The van der Waals surface area contributed by atoms with Gasteiger partial charge in [-0.25, -0.2) is 4.79 Å². The number of carbonyl (C=O) groups is 2. The van der Waals surface area contributed by atoms with Crippen LogP contribution in [0.25, 0.3) is 6.08 Å². The first-order valence-corrected chi connectivity index (χ1v) is 11.3. The number of aliphatic carboxylic acids is 1. The minimum absolute atomic E-state index is 0.0176. The topological polar surface area (TPSA) is 97.9 Å². The van der Waals surface area contributed by atoms with Gasteiger partial charge in [0.25, 0.3) is 5.91 Å². The number of azo groups is 1. The Morgan fingerprint density at radius 1 is 0.914 bits per heavy atom. The van der Waals surface area contributed by atoms with Crippen molar-refractivity contribution >= 4 is 46.4 Å². The summed E-state index contributed by atoms with van der Waals surface area (Å²) in [7, 11) is 0. The van der Waals surface area contributed by atoms with E-state index in [1.54, 1.807) is 48.5 Å². The number of amides is 1. The van der Waals surface area contributed by atoms with Crippen LogP contribution in [0.5, 0.6) is 0 Å². The fraction of sp³-hybridized carbons (Fsp3) is 0.148. The molecule has 0 fully saturated rings. The summed E-state index contributed by atoms with van der Waals surface area (Å²) in [5, 5.41) is 23.2. The molecule has 0 unspecified atom stereocenters. The van der Waals surface area contributed by atoms with E-state index in [1.165, 1.54) is 6.08 Å². The lowest BCUT2D eigenvalue weighted by Gasteiger charge is -2.20. The zero-order chi connectivity index (χ0) is 24.8. The quantitative estimate of drug-likeness (QED) is 0.333. The molecule has 0 spiro atoms. The maximum atomic E-state index is 12.9. The van der Waals surface area contributed by atoms with Gasteiger partial charge in [-0.1, -0.05) is 30.3 Å². The van der Waals surface area contributed by atoms with Crippen LogP contribution < -0.4 is 9.91 Å². The van der Waals surface area contributed by atoms with Crippen molar-refractivity contribution in [3.8, 4) is 0 Å². The van der Waals surface area contributed by atoms with Crippen molar-refractivity contribution in [1.82, 2.24) is 0 Å². The van der Waals surface area contributed by atoms with Crippen molar-refractivity contribution in [2.75, 3.05) is 23.0 Å². The Morgan fingerprint density at radius 2 is 1.49 bits per heavy atom. The SMILES string of the molecule is CCN(CC)c1ccc(/N=N/c2ccc(/C=C3\C(=O)N(c4ccccc4)N=C3C(=O)O)cc2)cc1. The van der Waals surface area contributed by atoms with Crippen LogP contribution in [0.15, 0.2) is 99.8 Å². The molecule has 176 valence electrons. The number of hydrogen-bond acceptors (Lipinski definition) is 6. The van der Waals surface area contributed by atoms with Gasteiger partial charge in [0.15, 0.2) is 5.71 Å². The summed E-state index contributed by atoms with van der Waals surface area (Å²) in [4.78, 5) is 26.9. The molecule has 1 aliphatic heterocycles. The first kappa shape index (κ1) is 23.6. The maximum Gasteiger partial charge on any atom is 0.357 e. The molecule has 0 aromatic heterocycles. The predicted octanol–water partition coefficient (Wildman–Crippen LogP) is 5.82. The minimum atomic E-state index is -1.26. The van der Waals surface area contributed by atoms with E-state index in [0.717, 1.165) is 29.5 Å². The van der Waals surface area contributed by atoms with E-state index in [9.17, 15) is 14.7 Å². The molecule has 4 rings (SSSR count). The van der Waals surface area contributed by atoms with Gasteiger partial charge in [-0.05, 0) is 74.0 Å². The van der Waals surface area contributed by atoms with Crippen molar-refractivity contribution in [1.29, 1.82) is 0 Å². The summed E-state index contributed by atoms with van der Waals surface area (Å²) in [6.07, 6.45) is 1.52. The average Bonchev–Trinajstić information content (AvgIpc) is 3.22. The highest BCUT2D eigenvalue weighted by atomic mass is 16.4. The Hall–Kier alpha value is -4.59. The van der Waals surface area contributed by atoms with Gasteiger partial charge in [0.2, 0.25) is 0 Å². The number of nitrogens with zero attached hydrogens (tertiary/aromatic N) is 5. The maximum absolute atomic E-state index is 12.9. The molecule has 35 heavy (non-hydrogen) atoms. The van der Waals surface area contributed by atoms with Crippen molar-refractivity contribution in [2.45, 2.75) is 13.8 Å². The van der Waals surface area contributed by atoms with Crippen LogP contribution in [-0.2, 0) is 9.59 Å². The summed E-state index contributed by atoms with van der Waals surface area (Å²) in [6.45, 7) is 6.12. The molecule has 0 saturated heterocycles. The van der Waals surface area contributed by atoms with Gasteiger partial charge in [-0.2, -0.15) is 20.3 Å². The summed E-state index contributed by atoms with van der Waals surface area (Å²) in [5.74, 6) is -1.76. The van der Waals surface area contributed by atoms with E-state index >= 15 is 0 Å². The van der Waals surface area contributed by atoms with Gasteiger partial charge in [-0.15, -0.1) is 0 Å². The first-order valence-electron chi connectivity index (χ1n) is 11.3. The average molecular weight is 468 g/mol. The third-order valence-corrected chi connectivity index (χ3v) is 5.54. The highest BCUT2D eigenvalue weighted by molar-refractivity contribution is 6.53. The molecule has 1 heterocycles. The highest BCUT2D eigenvalue weighted by Gasteiger charge is 2.34. The van der Waals surface area contributed by atoms with Gasteiger partial charge in [0.05, 0.1) is 22.6 Å². The van der Waals surface area contributed by atoms with E-state index in [-0.39, 0.29) is 11.3 Å². The number of para-hydroxylation sites is 1. The van der Waals surface area contributed by atoms with Gasteiger partial charge < -0.3 is 10.0 Å². The molecule has 1 N–H and O–H groups in total. The number of anilines is 2. The minimum Gasteiger partial charge on any atom is -0.476 e. The molecule has 0 atom stereocenters. The molecule has 3 aromatic rings. The van der Waals surface area contributed by atoms with Crippen LogP contribution in [0.1, 0.15) is 19.4 Å². The third-order valence-electron chi connectivity index (χ3n) is 5.54. The molecule has 0 bridgehead atoms. The summed E-state index contributed by atoms with van der Waals surface area (Å²) in [5.41, 5.74) is 3.39. The number of benzene rings is 3. The number of carboxylic acids is 1. The largest absolute Gasteiger partial charge is 0.476 e. The van der Waals surface area contributed by atoms with Gasteiger partial charge in [0, 0.05) is 18.8 Å². The number of rotatable bonds is 8. The third kappa shape index (κ3) is 5.33. The monoisotopic (exact) mass is 467 g/mol.